The average Bonchev–Trinajstić information content (AvgIpc) is 2.79. The first-order valence-electron chi connectivity index (χ1n) is 11.1. The molecule has 0 unspecified atom stereocenters. The molecule has 0 aliphatic carbocycles. The van der Waals surface area contributed by atoms with Crippen LogP contribution in [-0.4, -0.2) is 31.6 Å². The van der Waals surface area contributed by atoms with Gasteiger partial charge in [0.1, 0.15) is 5.75 Å². The zero-order valence-electron chi connectivity index (χ0n) is 19.9. The molecule has 0 saturated heterocycles. The second kappa shape index (κ2) is 11.4. The monoisotopic (exact) mass is 511 g/mol. The zero-order chi connectivity index (χ0) is 25.5. The number of hydrogen-bond donors (Lipinski definition) is 3. The molecule has 3 N–H and O–H groups in total. The number of nitrogens with one attached hydrogen (secondary N) is 3. The smallest absolute Gasteiger partial charge is 0.261 e. The molecule has 3 rings (SSSR count). The normalized spacial score (nSPS) is 11.5. The first kappa shape index (κ1) is 26.3. The third kappa shape index (κ3) is 8.17. The first-order chi connectivity index (χ1) is 16.5. The lowest BCUT2D eigenvalue weighted by Gasteiger charge is -2.20. The SMILES string of the molecule is CC(C)(C)NS(=O)(=O)c1ccc(NC(=S)NC(=O)c2ccccc2OCCc2ccccc2)cc1. The predicted octanol–water partition coefficient (Wildman–Crippen LogP) is 4.51. The number of rotatable bonds is 8. The van der Waals surface area contributed by atoms with Crippen LogP contribution in [0, 0.1) is 0 Å². The van der Waals surface area contributed by atoms with Crippen molar-refractivity contribution in [1.29, 1.82) is 0 Å². The van der Waals surface area contributed by atoms with Crippen molar-refractivity contribution in [2.24, 2.45) is 0 Å². The van der Waals surface area contributed by atoms with Crippen LogP contribution in [0.5, 0.6) is 5.75 Å². The van der Waals surface area contributed by atoms with Gasteiger partial charge in [-0.15, -0.1) is 0 Å². The van der Waals surface area contributed by atoms with Crippen molar-refractivity contribution in [1.82, 2.24) is 10.0 Å². The van der Waals surface area contributed by atoms with Crippen molar-refractivity contribution in [3.63, 3.8) is 0 Å². The summed E-state index contributed by atoms with van der Waals surface area (Å²) >= 11 is 5.27. The highest BCUT2D eigenvalue weighted by molar-refractivity contribution is 7.89. The van der Waals surface area contributed by atoms with Crippen LogP contribution in [0.15, 0.2) is 83.8 Å². The van der Waals surface area contributed by atoms with Crippen molar-refractivity contribution >= 4 is 38.9 Å². The van der Waals surface area contributed by atoms with E-state index in [4.69, 9.17) is 17.0 Å². The molecule has 9 heteroatoms. The summed E-state index contributed by atoms with van der Waals surface area (Å²) in [5, 5.41) is 5.62. The number of benzene rings is 3. The second-order valence-corrected chi connectivity index (χ2v) is 11.0. The lowest BCUT2D eigenvalue weighted by molar-refractivity contribution is 0.0973. The van der Waals surface area contributed by atoms with Crippen LogP contribution in [0.3, 0.4) is 0 Å². The number of carbonyl (C=O) groups excluding carboxylic acids is 1. The molecular formula is C26H29N3O4S2. The van der Waals surface area contributed by atoms with Gasteiger partial charge in [-0.2, -0.15) is 0 Å². The Bertz CT molecular complexity index is 1270. The molecular weight excluding hydrogens is 482 g/mol. The summed E-state index contributed by atoms with van der Waals surface area (Å²) in [6.45, 7) is 5.74. The van der Waals surface area contributed by atoms with Gasteiger partial charge in [0.25, 0.3) is 5.91 Å². The van der Waals surface area contributed by atoms with E-state index in [1.54, 1.807) is 57.2 Å². The maximum absolute atomic E-state index is 12.8. The van der Waals surface area contributed by atoms with E-state index >= 15 is 0 Å². The fourth-order valence-electron chi connectivity index (χ4n) is 3.22. The highest BCUT2D eigenvalue weighted by atomic mass is 32.2. The van der Waals surface area contributed by atoms with Gasteiger partial charge in [-0.25, -0.2) is 13.1 Å². The highest BCUT2D eigenvalue weighted by Gasteiger charge is 2.22. The molecule has 0 aliphatic heterocycles. The fourth-order valence-corrected chi connectivity index (χ4v) is 4.84. The molecule has 7 nitrogen and oxygen atoms in total. The third-order valence-electron chi connectivity index (χ3n) is 4.71. The summed E-state index contributed by atoms with van der Waals surface area (Å²) in [5.74, 6) is 0.0519. The van der Waals surface area contributed by atoms with Crippen LogP contribution in [-0.2, 0) is 16.4 Å². The van der Waals surface area contributed by atoms with E-state index < -0.39 is 21.5 Å². The maximum Gasteiger partial charge on any atom is 0.261 e. The van der Waals surface area contributed by atoms with Gasteiger partial charge in [0.05, 0.1) is 17.1 Å². The van der Waals surface area contributed by atoms with Crippen molar-refractivity contribution in [2.75, 3.05) is 11.9 Å². The Balaban J connectivity index is 1.58. The Morgan fingerprint density at radius 3 is 2.20 bits per heavy atom. The summed E-state index contributed by atoms with van der Waals surface area (Å²) < 4.78 is 33.3. The van der Waals surface area contributed by atoms with Crippen LogP contribution >= 0.6 is 12.2 Å². The minimum Gasteiger partial charge on any atom is -0.492 e. The van der Waals surface area contributed by atoms with Crippen molar-refractivity contribution < 1.29 is 17.9 Å². The van der Waals surface area contributed by atoms with E-state index in [2.05, 4.69) is 15.4 Å². The van der Waals surface area contributed by atoms with E-state index in [9.17, 15) is 13.2 Å². The number of thiocarbonyl (C=S) groups is 1. The molecule has 0 aliphatic rings. The van der Waals surface area contributed by atoms with E-state index in [1.807, 2.05) is 30.3 Å². The summed E-state index contributed by atoms with van der Waals surface area (Å²) in [4.78, 5) is 12.9. The number of anilines is 1. The molecule has 0 aromatic heterocycles. The van der Waals surface area contributed by atoms with Gasteiger partial charge in [0.15, 0.2) is 5.11 Å². The molecule has 0 saturated carbocycles. The summed E-state index contributed by atoms with van der Waals surface area (Å²) in [7, 11) is -3.64. The second-order valence-electron chi connectivity index (χ2n) is 8.87. The minimum absolute atomic E-state index is 0.0810. The fraction of sp³-hybridized carbons (Fsp3) is 0.231. The van der Waals surface area contributed by atoms with Crippen molar-refractivity contribution in [3.05, 3.63) is 90.0 Å². The van der Waals surface area contributed by atoms with Gasteiger partial charge in [0.2, 0.25) is 10.0 Å². The van der Waals surface area contributed by atoms with Gasteiger partial charge >= 0.3 is 0 Å². The van der Waals surface area contributed by atoms with E-state index in [0.29, 0.717) is 30.0 Å². The molecule has 3 aromatic carbocycles. The molecule has 0 heterocycles. The number of amides is 1. The lowest BCUT2D eigenvalue weighted by atomic mass is 10.1. The molecule has 0 radical (unpaired) electrons. The van der Waals surface area contributed by atoms with Gasteiger partial charge < -0.3 is 10.1 Å². The van der Waals surface area contributed by atoms with Gasteiger partial charge in [-0.3, -0.25) is 10.1 Å². The van der Waals surface area contributed by atoms with Crippen LogP contribution in [0.2, 0.25) is 0 Å². The van der Waals surface area contributed by atoms with E-state index in [1.165, 1.54) is 12.1 Å². The van der Waals surface area contributed by atoms with Crippen LogP contribution in [0.4, 0.5) is 5.69 Å². The molecule has 0 spiro atoms. The molecule has 3 aromatic rings. The summed E-state index contributed by atoms with van der Waals surface area (Å²) in [6, 6.07) is 23.0. The molecule has 0 bridgehead atoms. The lowest BCUT2D eigenvalue weighted by Crippen LogP contribution is -2.40. The molecule has 0 atom stereocenters. The summed E-state index contributed by atoms with van der Waals surface area (Å²) in [6.07, 6.45) is 0.716. The number of para-hydroxylation sites is 1. The Kier molecular flexibility index (Phi) is 8.61. The van der Waals surface area contributed by atoms with Gasteiger partial charge in [0, 0.05) is 17.6 Å². The topological polar surface area (TPSA) is 96.5 Å². The number of sulfonamides is 1. The van der Waals surface area contributed by atoms with Gasteiger partial charge in [-0.05, 0) is 75.0 Å². The Morgan fingerprint density at radius 2 is 1.54 bits per heavy atom. The summed E-state index contributed by atoms with van der Waals surface area (Å²) in [5.41, 5.74) is 1.45. The zero-order valence-corrected chi connectivity index (χ0v) is 21.5. The quantitative estimate of drug-likeness (QED) is 0.385. The minimum atomic E-state index is -3.64. The number of hydrogen-bond acceptors (Lipinski definition) is 5. The number of carbonyl (C=O) groups is 1. The van der Waals surface area contributed by atoms with Crippen molar-refractivity contribution in [2.45, 2.75) is 37.6 Å². The molecule has 1 amide bonds. The standard InChI is InChI=1S/C26H29N3O4S2/c1-26(2,3)29-35(31,32)21-15-13-20(14-16-21)27-25(34)28-24(30)22-11-7-8-12-23(22)33-18-17-19-9-5-4-6-10-19/h4-16,29H,17-18H2,1-3H3,(H2,27,28,30,34). The average molecular weight is 512 g/mol. The third-order valence-corrected chi connectivity index (χ3v) is 6.69. The maximum atomic E-state index is 12.8. The molecule has 184 valence electrons. The molecule has 35 heavy (non-hydrogen) atoms. The predicted molar refractivity (Wildman–Crippen MR) is 142 cm³/mol. The van der Waals surface area contributed by atoms with Crippen molar-refractivity contribution in [3.8, 4) is 5.75 Å². The Labute approximate surface area is 212 Å². The highest BCUT2D eigenvalue weighted by Crippen LogP contribution is 2.19. The largest absolute Gasteiger partial charge is 0.492 e. The van der Waals surface area contributed by atoms with Gasteiger partial charge in [-0.1, -0.05) is 42.5 Å². The molecule has 0 fully saturated rings. The van der Waals surface area contributed by atoms with Crippen LogP contribution < -0.4 is 20.1 Å². The first-order valence-corrected chi connectivity index (χ1v) is 12.9. The van der Waals surface area contributed by atoms with Crippen LogP contribution in [0.1, 0.15) is 36.7 Å². The Hall–Kier alpha value is -3.27. The number of ether oxygens (including phenoxy) is 1. The Morgan fingerprint density at radius 1 is 0.914 bits per heavy atom. The van der Waals surface area contributed by atoms with E-state index in [-0.39, 0.29) is 10.0 Å². The van der Waals surface area contributed by atoms with E-state index in [0.717, 1.165) is 5.56 Å². The van der Waals surface area contributed by atoms with Crippen LogP contribution in [0.25, 0.3) is 0 Å².